The molecule has 0 spiro atoms. The molecular weight excluding hydrogens is 355 g/mol. The number of hydrogen-bond acceptors (Lipinski definition) is 4. The number of ether oxygens (including phenoxy) is 1. The first-order valence-electron chi connectivity index (χ1n) is 8.09. The summed E-state index contributed by atoms with van der Waals surface area (Å²) in [6.45, 7) is 0.960. The number of thioether (sulfide) groups is 1. The van der Waals surface area contributed by atoms with Crippen LogP contribution in [0.1, 0.15) is 5.56 Å². The van der Waals surface area contributed by atoms with Crippen LogP contribution in [0.25, 0.3) is 0 Å². The number of carbonyl (C=O) groups is 2. The van der Waals surface area contributed by atoms with E-state index in [9.17, 15) is 14.0 Å². The number of methoxy groups -OCH3 is 1. The van der Waals surface area contributed by atoms with E-state index in [0.29, 0.717) is 18.8 Å². The van der Waals surface area contributed by atoms with E-state index in [1.807, 2.05) is 0 Å². The molecule has 5 nitrogen and oxygen atoms in total. The third kappa shape index (κ3) is 7.25. The Labute approximate surface area is 156 Å². The summed E-state index contributed by atoms with van der Waals surface area (Å²) in [5, 5.41) is 5.55. The predicted octanol–water partition coefficient (Wildman–Crippen LogP) is 2.86. The molecule has 0 heterocycles. The lowest BCUT2D eigenvalue weighted by molar-refractivity contribution is -0.120. The molecule has 138 valence electrons. The lowest BCUT2D eigenvalue weighted by Gasteiger charge is -2.07. The van der Waals surface area contributed by atoms with Crippen molar-refractivity contribution >= 4 is 29.3 Å². The summed E-state index contributed by atoms with van der Waals surface area (Å²) in [6.07, 6.45) is 0.276. The Bertz CT molecular complexity index is 721. The standard InChI is InChI=1S/C19H21FN2O3S/c1-25-11-10-21-18(23)12-14-2-6-16(7-3-14)22-19(24)13-26-17-8-4-15(20)5-9-17/h2-9H,10-13H2,1H3,(H,21,23)(H,22,24). The molecule has 0 aromatic heterocycles. The first-order valence-corrected chi connectivity index (χ1v) is 9.08. The normalized spacial score (nSPS) is 10.4. The van der Waals surface area contributed by atoms with Crippen LogP contribution in [0, 0.1) is 5.82 Å². The van der Waals surface area contributed by atoms with Crippen molar-refractivity contribution < 1.29 is 18.7 Å². The minimum absolute atomic E-state index is 0.0745. The van der Waals surface area contributed by atoms with Gasteiger partial charge >= 0.3 is 0 Å². The number of halogens is 1. The number of hydrogen-bond donors (Lipinski definition) is 2. The van der Waals surface area contributed by atoms with Gasteiger partial charge in [0.1, 0.15) is 5.82 Å². The van der Waals surface area contributed by atoms with Crippen LogP contribution in [0.3, 0.4) is 0 Å². The van der Waals surface area contributed by atoms with Gasteiger partial charge in [-0.25, -0.2) is 4.39 Å². The minimum atomic E-state index is -0.300. The average Bonchev–Trinajstić information content (AvgIpc) is 2.63. The summed E-state index contributed by atoms with van der Waals surface area (Å²) in [5.41, 5.74) is 1.52. The number of anilines is 1. The highest BCUT2D eigenvalue weighted by Gasteiger charge is 2.06. The molecule has 0 aliphatic carbocycles. The summed E-state index contributed by atoms with van der Waals surface area (Å²) in [4.78, 5) is 24.5. The fourth-order valence-electron chi connectivity index (χ4n) is 2.12. The predicted molar refractivity (Wildman–Crippen MR) is 101 cm³/mol. The van der Waals surface area contributed by atoms with Gasteiger partial charge in [-0.05, 0) is 42.0 Å². The van der Waals surface area contributed by atoms with Gasteiger partial charge in [-0.2, -0.15) is 0 Å². The summed E-state index contributed by atoms with van der Waals surface area (Å²) in [5.74, 6) is -0.292. The smallest absolute Gasteiger partial charge is 0.234 e. The second kappa shape index (κ2) is 10.6. The molecule has 2 rings (SSSR count). The monoisotopic (exact) mass is 376 g/mol. The van der Waals surface area contributed by atoms with Crippen LogP contribution in [0.4, 0.5) is 10.1 Å². The first kappa shape index (κ1) is 19.9. The molecule has 0 saturated heterocycles. The van der Waals surface area contributed by atoms with Gasteiger partial charge in [0.2, 0.25) is 11.8 Å². The Hall–Kier alpha value is -2.38. The van der Waals surface area contributed by atoms with Gasteiger partial charge in [0.25, 0.3) is 0 Å². The van der Waals surface area contributed by atoms with Crippen molar-refractivity contribution in [2.24, 2.45) is 0 Å². The molecule has 0 fully saturated rings. The molecule has 26 heavy (non-hydrogen) atoms. The highest BCUT2D eigenvalue weighted by atomic mass is 32.2. The molecule has 7 heteroatoms. The van der Waals surface area contributed by atoms with E-state index in [1.165, 1.54) is 23.9 Å². The van der Waals surface area contributed by atoms with Crippen LogP contribution in [-0.2, 0) is 20.7 Å². The fraction of sp³-hybridized carbons (Fsp3) is 0.263. The van der Waals surface area contributed by atoms with Gasteiger partial charge < -0.3 is 15.4 Å². The number of nitrogens with one attached hydrogen (secondary N) is 2. The molecule has 0 unspecified atom stereocenters. The van der Waals surface area contributed by atoms with E-state index in [4.69, 9.17) is 4.74 Å². The third-order valence-electron chi connectivity index (χ3n) is 3.41. The second-order valence-electron chi connectivity index (χ2n) is 5.51. The second-order valence-corrected chi connectivity index (χ2v) is 6.56. The van der Waals surface area contributed by atoms with E-state index in [2.05, 4.69) is 10.6 Å². The Balaban J connectivity index is 1.76. The maximum atomic E-state index is 12.8. The minimum Gasteiger partial charge on any atom is -0.383 e. The van der Waals surface area contributed by atoms with Gasteiger partial charge in [0.15, 0.2) is 0 Å². The number of amides is 2. The first-order chi connectivity index (χ1) is 12.6. The molecule has 2 amide bonds. The molecule has 0 radical (unpaired) electrons. The van der Waals surface area contributed by atoms with Crippen LogP contribution in [0.15, 0.2) is 53.4 Å². The number of carbonyl (C=O) groups excluding carboxylic acids is 2. The number of rotatable bonds is 9. The van der Waals surface area contributed by atoms with Crippen molar-refractivity contribution in [2.75, 3.05) is 31.3 Å². The van der Waals surface area contributed by atoms with Crippen molar-refractivity contribution in [1.29, 1.82) is 0 Å². The highest BCUT2D eigenvalue weighted by Crippen LogP contribution is 2.18. The van der Waals surface area contributed by atoms with Crippen LogP contribution in [0.5, 0.6) is 0 Å². The van der Waals surface area contributed by atoms with Crippen molar-refractivity contribution in [3.8, 4) is 0 Å². The van der Waals surface area contributed by atoms with E-state index in [0.717, 1.165) is 10.5 Å². The molecule has 0 aliphatic heterocycles. The van der Waals surface area contributed by atoms with Gasteiger partial charge in [-0.1, -0.05) is 12.1 Å². The highest BCUT2D eigenvalue weighted by molar-refractivity contribution is 8.00. The molecule has 0 atom stereocenters. The van der Waals surface area contributed by atoms with Gasteiger partial charge in [-0.3, -0.25) is 9.59 Å². The Morgan fingerprint density at radius 1 is 1.04 bits per heavy atom. The summed E-state index contributed by atoms with van der Waals surface area (Å²) in [6, 6.07) is 13.1. The van der Waals surface area contributed by atoms with Crippen molar-refractivity contribution in [3.63, 3.8) is 0 Å². The third-order valence-corrected chi connectivity index (χ3v) is 4.43. The van der Waals surface area contributed by atoms with Gasteiger partial charge in [0.05, 0.1) is 18.8 Å². The molecule has 2 N–H and O–H groups in total. The molecule has 0 bridgehead atoms. The Kier molecular flexibility index (Phi) is 8.11. The largest absolute Gasteiger partial charge is 0.383 e. The zero-order chi connectivity index (χ0) is 18.8. The van der Waals surface area contributed by atoms with E-state index >= 15 is 0 Å². The Morgan fingerprint density at radius 2 is 1.73 bits per heavy atom. The molecule has 0 aliphatic rings. The molecule has 2 aromatic carbocycles. The van der Waals surface area contributed by atoms with Crippen molar-refractivity contribution in [3.05, 3.63) is 59.9 Å². The van der Waals surface area contributed by atoms with Crippen LogP contribution < -0.4 is 10.6 Å². The van der Waals surface area contributed by atoms with E-state index in [-0.39, 0.29) is 29.8 Å². The topological polar surface area (TPSA) is 67.4 Å². The molecule has 2 aromatic rings. The zero-order valence-corrected chi connectivity index (χ0v) is 15.3. The van der Waals surface area contributed by atoms with Crippen LogP contribution in [-0.4, -0.2) is 37.8 Å². The fourth-order valence-corrected chi connectivity index (χ4v) is 2.82. The van der Waals surface area contributed by atoms with E-state index < -0.39 is 0 Å². The maximum absolute atomic E-state index is 12.8. The summed E-state index contributed by atoms with van der Waals surface area (Å²) in [7, 11) is 1.58. The number of benzene rings is 2. The molecular formula is C19H21FN2O3S. The summed E-state index contributed by atoms with van der Waals surface area (Å²) < 4.78 is 17.7. The van der Waals surface area contributed by atoms with Gasteiger partial charge in [-0.15, -0.1) is 11.8 Å². The SMILES string of the molecule is COCCNC(=O)Cc1ccc(NC(=O)CSc2ccc(F)cc2)cc1. The average molecular weight is 376 g/mol. The van der Waals surface area contributed by atoms with Crippen molar-refractivity contribution in [2.45, 2.75) is 11.3 Å². The quantitative estimate of drug-likeness (QED) is 0.522. The lowest BCUT2D eigenvalue weighted by Crippen LogP contribution is -2.28. The molecule has 0 saturated carbocycles. The maximum Gasteiger partial charge on any atom is 0.234 e. The van der Waals surface area contributed by atoms with Crippen molar-refractivity contribution in [1.82, 2.24) is 5.32 Å². The van der Waals surface area contributed by atoms with E-state index in [1.54, 1.807) is 43.5 Å². The van der Waals surface area contributed by atoms with Crippen LogP contribution in [0.2, 0.25) is 0 Å². The van der Waals surface area contributed by atoms with Crippen LogP contribution >= 0.6 is 11.8 Å². The summed E-state index contributed by atoms with van der Waals surface area (Å²) >= 11 is 1.34. The lowest BCUT2D eigenvalue weighted by atomic mass is 10.1. The Morgan fingerprint density at radius 3 is 2.38 bits per heavy atom. The zero-order valence-electron chi connectivity index (χ0n) is 14.5. The van der Waals surface area contributed by atoms with Gasteiger partial charge in [0, 0.05) is 24.2 Å².